The predicted molar refractivity (Wildman–Crippen MR) is 70.8 cm³/mol. The third-order valence-corrected chi connectivity index (χ3v) is 2.98. The smallest absolute Gasteiger partial charge is 0.326 e. The van der Waals surface area contributed by atoms with E-state index in [0.717, 1.165) is 11.3 Å². The van der Waals surface area contributed by atoms with E-state index in [2.05, 4.69) is 21.6 Å². The van der Waals surface area contributed by atoms with Crippen molar-refractivity contribution in [3.8, 4) is 6.07 Å². The number of aliphatic carboxylic acids is 1. The van der Waals surface area contributed by atoms with Crippen LogP contribution in [0.5, 0.6) is 0 Å². The fourth-order valence-electron chi connectivity index (χ4n) is 1.90. The van der Waals surface area contributed by atoms with Gasteiger partial charge in [0, 0.05) is 0 Å². The number of carboxylic acids is 1. The normalized spacial score (nSPS) is 11.7. The van der Waals surface area contributed by atoms with Crippen LogP contribution in [0.3, 0.4) is 0 Å². The Morgan fingerprint density at radius 1 is 1.37 bits per heavy atom. The van der Waals surface area contributed by atoms with E-state index in [1.807, 2.05) is 13.8 Å². The van der Waals surface area contributed by atoms with Crippen molar-refractivity contribution in [3.63, 3.8) is 0 Å². The van der Waals surface area contributed by atoms with Crippen LogP contribution < -0.4 is 5.32 Å². The minimum Gasteiger partial charge on any atom is -0.480 e. The minimum atomic E-state index is -0.967. The Labute approximate surface area is 112 Å². The number of rotatable bonds is 6. The van der Waals surface area contributed by atoms with E-state index in [-0.39, 0.29) is 5.82 Å². The van der Waals surface area contributed by atoms with Gasteiger partial charge in [-0.05, 0) is 24.8 Å². The second kappa shape index (κ2) is 6.69. The lowest BCUT2D eigenvalue weighted by Gasteiger charge is -2.15. The van der Waals surface area contributed by atoms with Gasteiger partial charge in [-0.15, -0.1) is 5.10 Å². The van der Waals surface area contributed by atoms with Gasteiger partial charge in [0.1, 0.15) is 17.7 Å². The number of nitriles is 1. The molecular formula is C13H18N4O2. The number of nitrogens with zero attached hydrogens (tertiary/aromatic N) is 3. The first-order valence-corrected chi connectivity index (χ1v) is 6.36. The van der Waals surface area contributed by atoms with Crippen molar-refractivity contribution in [1.29, 1.82) is 5.26 Å². The molecule has 0 saturated carbocycles. The zero-order chi connectivity index (χ0) is 14.4. The summed E-state index contributed by atoms with van der Waals surface area (Å²) in [5.74, 6) is -0.711. The summed E-state index contributed by atoms with van der Waals surface area (Å²) >= 11 is 0. The molecule has 2 N–H and O–H groups in total. The van der Waals surface area contributed by atoms with Gasteiger partial charge in [0.2, 0.25) is 0 Å². The quantitative estimate of drug-likeness (QED) is 0.810. The van der Waals surface area contributed by atoms with Crippen molar-refractivity contribution >= 4 is 11.8 Å². The van der Waals surface area contributed by atoms with Gasteiger partial charge in [-0.1, -0.05) is 20.8 Å². The SMILES string of the molecule is CCc1nnc(NC(CC)C(=O)O)c(C#N)c1CC. The second-order valence-corrected chi connectivity index (χ2v) is 4.11. The molecular weight excluding hydrogens is 244 g/mol. The zero-order valence-corrected chi connectivity index (χ0v) is 11.4. The fourth-order valence-corrected chi connectivity index (χ4v) is 1.90. The fraction of sp³-hybridized carbons (Fsp3) is 0.538. The summed E-state index contributed by atoms with van der Waals surface area (Å²) in [6, 6.07) is 1.34. The van der Waals surface area contributed by atoms with Crippen LogP contribution in [0.4, 0.5) is 5.82 Å². The van der Waals surface area contributed by atoms with Crippen molar-refractivity contribution in [1.82, 2.24) is 10.2 Å². The molecule has 6 nitrogen and oxygen atoms in total. The Morgan fingerprint density at radius 2 is 2.05 bits per heavy atom. The molecule has 0 aliphatic rings. The first-order chi connectivity index (χ1) is 9.08. The van der Waals surface area contributed by atoms with Crippen LogP contribution in [0.2, 0.25) is 0 Å². The molecule has 1 rings (SSSR count). The molecule has 102 valence electrons. The molecule has 0 bridgehead atoms. The van der Waals surface area contributed by atoms with Gasteiger partial charge in [-0.3, -0.25) is 0 Å². The highest BCUT2D eigenvalue weighted by Crippen LogP contribution is 2.20. The van der Waals surface area contributed by atoms with Crippen molar-refractivity contribution in [3.05, 3.63) is 16.8 Å². The third-order valence-electron chi connectivity index (χ3n) is 2.98. The van der Waals surface area contributed by atoms with Gasteiger partial charge in [0.15, 0.2) is 5.82 Å². The van der Waals surface area contributed by atoms with Gasteiger partial charge >= 0.3 is 5.97 Å². The molecule has 0 aliphatic carbocycles. The summed E-state index contributed by atoms with van der Waals surface area (Å²) in [7, 11) is 0. The van der Waals surface area contributed by atoms with Gasteiger partial charge in [-0.2, -0.15) is 10.4 Å². The van der Waals surface area contributed by atoms with E-state index in [1.54, 1.807) is 6.92 Å². The van der Waals surface area contributed by atoms with Crippen LogP contribution in [0, 0.1) is 11.3 Å². The van der Waals surface area contributed by atoms with Crippen LogP contribution >= 0.6 is 0 Å². The third kappa shape index (κ3) is 3.19. The number of hydrogen-bond donors (Lipinski definition) is 2. The number of aromatic nitrogens is 2. The molecule has 6 heteroatoms. The lowest BCUT2D eigenvalue weighted by atomic mass is 10.0. The standard InChI is InChI=1S/C13H18N4O2/c1-4-8-9(7-14)12(17-16-10(8)5-2)15-11(6-3)13(18)19/h11H,4-6H2,1-3H3,(H,15,17)(H,18,19). The first kappa shape index (κ1) is 14.9. The average molecular weight is 262 g/mol. The summed E-state index contributed by atoms with van der Waals surface area (Å²) in [6.45, 7) is 5.64. The Hall–Kier alpha value is -2.16. The molecule has 1 aromatic heterocycles. The Kier molecular flexibility index (Phi) is 5.24. The van der Waals surface area contributed by atoms with Crippen molar-refractivity contribution < 1.29 is 9.90 Å². The Morgan fingerprint density at radius 3 is 2.47 bits per heavy atom. The maximum absolute atomic E-state index is 11.0. The summed E-state index contributed by atoms with van der Waals surface area (Å²) < 4.78 is 0. The topological polar surface area (TPSA) is 98.9 Å². The van der Waals surface area contributed by atoms with E-state index in [4.69, 9.17) is 5.11 Å². The van der Waals surface area contributed by atoms with Crippen LogP contribution in [-0.4, -0.2) is 27.3 Å². The first-order valence-electron chi connectivity index (χ1n) is 6.36. The number of carbonyl (C=O) groups is 1. The highest BCUT2D eigenvalue weighted by Gasteiger charge is 2.20. The average Bonchev–Trinajstić information content (AvgIpc) is 2.42. The van der Waals surface area contributed by atoms with Gasteiger partial charge < -0.3 is 10.4 Å². The predicted octanol–water partition coefficient (Wildman–Crippen LogP) is 1.75. The van der Waals surface area contributed by atoms with Gasteiger partial charge in [-0.25, -0.2) is 4.79 Å². The van der Waals surface area contributed by atoms with E-state index in [1.165, 1.54) is 0 Å². The van der Waals surface area contributed by atoms with Crippen LogP contribution in [0.1, 0.15) is 44.0 Å². The van der Waals surface area contributed by atoms with Crippen molar-refractivity contribution in [2.24, 2.45) is 0 Å². The monoisotopic (exact) mass is 262 g/mol. The molecule has 1 atom stereocenters. The van der Waals surface area contributed by atoms with Gasteiger partial charge in [0.25, 0.3) is 0 Å². The van der Waals surface area contributed by atoms with Crippen molar-refractivity contribution in [2.75, 3.05) is 5.32 Å². The van der Waals surface area contributed by atoms with Crippen LogP contribution in [-0.2, 0) is 17.6 Å². The summed E-state index contributed by atoms with van der Waals surface area (Å²) in [5, 5.41) is 29.1. The minimum absolute atomic E-state index is 0.255. The Balaban J connectivity index is 3.22. The zero-order valence-electron chi connectivity index (χ0n) is 11.4. The maximum atomic E-state index is 11.0. The van der Waals surface area contributed by atoms with E-state index in [0.29, 0.717) is 24.8 Å². The summed E-state index contributed by atoms with van der Waals surface area (Å²) in [4.78, 5) is 11.0. The number of anilines is 1. The lowest BCUT2D eigenvalue weighted by Crippen LogP contribution is -2.29. The molecule has 0 spiro atoms. The molecule has 0 aromatic carbocycles. The second-order valence-electron chi connectivity index (χ2n) is 4.11. The molecule has 0 amide bonds. The summed E-state index contributed by atoms with van der Waals surface area (Å²) in [6.07, 6.45) is 1.76. The summed E-state index contributed by atoms with van der Waals surface area (Å²) in [5.41, 5.74) is 2.02. The van der Waals surface area contributed by atoms with Crippen molar-refractivity contribution in [2.45, 2.75) is 46.1 Å². The molecule has 0 fully saturated rings. The molecule has 0 radical (unpaired) electrons. The molecule has 0 aliphatic heterocycles. The van der Waals surface area contributed by atoms with Gasteiger partial charge in [0.05, 0.1) is 5.69 Å². The van der Waals surface area contributed by atoms with Crippen LogP contribution in [0.15, 0.2) is 0 Å². The highest BCUT2D eigenvalue weighted by molar-refractivity contribution is 5.77. The maximum Gasteiger partial charge on any atom is 0.326 e. The molecule has 19 heavy (non-hydrogen) atoms. The molecule has 1 heterocycles. The number of carboxylic acid groups (broad SMARTS) is 1. The number of aryl methyl sites for hydroxylation is 1. The van der Waals surface area contributed by atoms with E-state index < -0.39 is 12.0 Å². The molecule has 1 aromatic rings. The largest absolute Gasteiger partial charge is 0.480 e. The lowest BCUT2D eigenvalue weighted by molar-refractivity contribution is -0.137. The Bertz CT molecular complexity index is 508. The molecule has 1 unspecified atom stereocenters. The number of nitrogens with one attached hydrogen (secondary N) is 1. The van der Waals surface area contributed by atoms with E-state index >= 15 is 0 Å². The van der Waals surface area contributed by atoms with Crippen LogP contribution in [0.25, 0.3) is 0 Å². The van der Waals surface area contributed by atoms with E-state index in [9.17, 15) is 10.1 Å². The highest BCUT2D eigenvalue weighted by atomic mass is 16.4. The molecule has 0 saturated heterocycles. The number of hydrogen-bond acceptors (Lipinski definition) is 5.